The maximum Gasteiger partial charge on any atom is 0.303 e. The lowest BCUT2D eigenvalue weighted by Crippen LogP contribution is -2.37. The molecule has 24 heavy (non-hydrogen) atoms. The van der Waals surface area contributed by atoms with E-state index in [4.69, 9.17) is 10.2 Å². The second-order valence-corrected chi connectivity index (χ2v) is 10.9. The summed E-state index contributed by atoms with van der Waals surface area (Å²) in [6, 6.07) is 0. The Hall–Kier alpha value is -0.830. The molecule has 0 bridgehead atoms. The van der Waals surface area contributed by atoms with Crippen LogP contribution in [0.2, 0.25) is 0 Å². The van der Waals surface area contributed by atoms with Crippen molar-refractivity contribution in [1.29, 1.82) is 0 Å². The van der Waals surface area contributed by atoms with Gasteiger partial charge in [-0.15, -0.1) is 0 Å². The van der Waals surface area contributed by atoms with Crippen LogP contribution in [0.25, 0.3) is 0 Å². The largest absolute Gasteiger partial charge is 0.481 e. The smallest absolute Gasteiger partial charge is 0.303 e. The van der Waals surface area contributed by atoms with E-state index in [1.54, 1.807) is 0 Å². The topological polar surface area (TPSA) is 91.7 Å². The average Bonchev–Trinajstić information content (AvgIpc) is 2.55. The van der Waals surface area contributed by atoms with Crippen LogP contribution in [-0.2, 0) is 14.2 Å². The van der Waals surface area contributed by atoms with Gasteiger partial charge in [-0.05, 0) is 24.7 Å². The van der Waals surface area contributed by atoms with Crippen LogP contribution in [0.15, 0.2) is 0 Å². The van der Waals surface area contributed by atoms with E-state index < -0.39 is 24.2 Å². The lowest BCUT2D eigenvalue weighted by Gasteiger charge is -2.45. The molecule has 0 atom stereocenters. The first-order valence-electron chi connectivity index (χ1n) is 9.05. The molecule has 0 saturated carbocycles. The van der Waals surface area contributed by atoms with Gasteiger partial charge in [-0.1, -0.05) is 47.5 Å². The molecule has 0 radical (unpaired) electrons. The van der Waals surface area contributed by atoms with Gasteiger partial charge in [0.05, 0.1) is 20.0 Å². The zero-order valence-corrected chi connectivity index (χ0v) is 16.8. The Morgan fingerprint density at radius 1 is 0.833 bits per heavy atom. The molecule has 0 aromatic heterocycles. The van der Waals surface area contributed by atoms with Crippen LogP contribution in [0.4, 0.5) is 0 Å². The zero-order chi connectivity index (χ0) is 19.0. The van der Waals surface area contributed by atoms with E-state index in [0.717, 1.165) is 19.3 Å². The SMILES string of the molecule is CCC(C)(CC)CC(CC)(CC)P(=O)(CCC(=O)O)CCC(=O)O. The molecule has 0 rings (SSSR count). The summed E-state index contributed by atoms with van der Waals surface area (Å²) in [6.07, 6.45) is 3.94. The Morgan fingerprint density at radius 3 is 1.46 bits per heavy atom. The lowest BCUT2D eigenvalue weighted by atomic mass is 9.75. The summed E-state index contributed by atoms with van der Waals surface area (Å²) in [7, 11) is -2.95. The Labute approximate surface area is 146 Å². The molecule has 0 spiro atoms. The predicted octanol–water partition coefficient (Wildman–Crippen LogP) is 5.07. The monoisotopic (exact) mass is 362 g/mol. The van der Waals surface area contributed by atoms with Gasteiger partial charge in [0.25, 0.3) is 0 Å². The van der Waals surface area contributed by atoms with Gasteiger partial charge in [-0.2, -0.15) is 0 Å². The van der Waals surface area contributed by atoms with Crippen LogP contribution in [0.1, 0.15) is 79.6 Å². The molecule has 0 heterocycles. The van der Waals surface area contributed by atoms with Crippen molar-refractivity contribution in [2.75, 3.05) is 12.3 Å². The third kappa shape index (κ3) is 5.91. The Kier molecular flexibility index (Phi) is 9.27. The number of carbonyl (C=O) groups is 2. The van der Waals surface area contributed by atoms with Crippen LogP contribution in [-0.4, -0.2) is 39.6 Å². The van der Waals surface area contributed by atoms with Crippen LogP contribution in [0.5, 0.6) is 0 Å². The van der Waals surface area contributed by atoms with Gasteiger partial charge in [0.15, 0.2) is 0 Å². The maximum absolute atomic E-state index is 13.9. The summed E-state index contributed by atoms with van der Waals surface area (Å²) in [5.74, 6) is -1.94. The van der Waals surface area contributed by atoms with Crippen LogP contribution < -0.4 is 0 Å². The van der Waals surface area contributed by atoms with Gasteiger partial charge in [-0.25, -0.2) is 0 Å². The first kappa shape index (κ1) is 23.2. The van der Waals surface area contributed by atoms with E-state index >= 15 is 0 Å². The van der Waals surface area contributed by atoms with E-state index in [2.05, 4.69) is 20.8 Å². The molecule has 0 saturated heterocycles. The highest BCUT2D eigenvalue weighted by atomic mass is 31.2. The first-order valence-corrected chi connectivity index (χ1v) is 11.1. The molecule has 0 aromatic rings. The van der Waals surface area contributed by atoms with Crippen molar-refractivity contribution >= 4 is 19.1 Å². The van der Waals surface area contributed by atoms with E-state index in [1.165, 1.54) is 0 Å². The van der Waals surface area contributed by atoms with Crippen molar-refractivity contribution in [3.63, 3.8) is 0 Å². The van der Waals surface area contributed by atoms with E-state index in [9.17, 15) is 14.2 Å². The fraction of sp³-hybridized carbons (Fsp3) is 0.889. The standard InChI is InChI=1S/C18H35O5P/c1-6-17(5,7-2)14-18(8-3,9-4)24(23,12-10-15(19)20)13-11-16(21)22/h6-14H2,1-5H3,(H,19,20)(H,21,22). The van der Waals surface area contributed by atoms with E-state index in [0.29, 0.717) is 12.8 Å². The number of rotatable bonds is 13. The van der Waals surface area contributed by atoms with Crippen LogP contribution in [0.3, 0.4) is 0 Å². The summed E-state index contributed by atoms with van der Waals surface area (Å²) >= 11 is 0. The highest BCUT2D eigenvalue weighted by Gasteiger charge is 2.47. The molecule has 0 aliphatic heterocycles. The molecular formula is C18H35O5P. The predicted molar refractivity (Wildman–Crippen MR) is 98.5 cm³/mol. The van der Waals surface area contributed by atoms with Crippen LogP contribution >= 0.6 is 7.14 Å². The quantitative estimate of drug-likeness (QED) is 0.446. The number of carboxylic acids is 2. The molecule has 0 aliphatic rings. The number of carboxylic acid groups (broad SMARTS) is 2. The molecule has 142 valence electrons. The summed E-state index contributed by atoms with van der Waals surface area (Å²) in [6.45, 7) is 10.4. The molecule has 2 N–H and O–H groups in total. The van der Waals surface area contributed by atoms with Crippen molar-refractivity contribution < 1.29 is 24.4 Å². The minimum absolute atomic E-state index is 0.0358. The van der Waals surface area contributed by atoms with Crippen LogP contribution in [0, 0.1) is 5.41 Å². The molecule has 5 nitrogen and oxygen atoms in total. The fourth-order valence-electron chi connectivity index (χ4n) is 3.65. The van der Waals surface area contributed by atoms with Gasteiger partial charge in [0.1, 0.15) is 0 Å². The van der Waals surface area contributed by atoms with Gasteiger partial charge >= 0.3 is 11.9 Å². The second kappa shape index (κ2) is 9.60. The molecule has 0 fully saturated rings. The molecule has 0 aromatic carbocycles. The maximum atomic E-state index is 13.9. The number of aliphatic carboxylic acids is 2. The minimum atomic E-state index is -2.95. The van der Waals surface area contributed by atoms with Gasteiger partial charge in [0.2, 0.25) is 0 Å². The van der Waals surface area contributed by atoms with Gasteiger partial charge < -0.3 is 14.8 Å². The number of hydrogen-bond donors (Lipinski definition) is 2. The Balaban J connectivity index is 5.84. The minimum Gasteiger partial charge on any atom is -0.481 e. The van der Waals surface area contributed by atoms with Crippen molar-refractivity contribution in [2.24, 2.45) is 5.41 Å². The van der Waals surface area contributed by atoms with E-state index in [1.807, 2.05) is 13.8 Å². The third-order valence-electron chi connectivity index (χ3n) is 6.02. The highest BCUT2D eigenvalue weighted by molar-refractivity contribution is 7.65. The molecule has 0 aliphatic carbocycles. The summed E-state index contributed by atoms with van der Waals surface area (Å²) in [5.41, 5.74) is 0.0358. The normalized spacial score (nSPS) is 13.0. The van der Waals surface area contributed by atoms with Gasteiger partial charge in [-0.3, -0.25) is 9.59 Å². The van der Waals surface area contributed by atoms with Crippen molar-refractivity contribution in [3.05, 3.63) is 0 Å². The summed E-state index contributed by atoms with van der Waals surface area (Å²) in [5, 5.41) is 17.6. The highest BCUT2D eigenvalue weighted by Crippen LogP contribution is 2.65. The van der Waals surface area contributed by atoms with Crippen molar-refractivity contribution in [2.45, 2.75) is 84.7 Å². The fourth-order valence-corrected chi connectivity index (χ4v) is 7.75. The first-order chi connectivity index (χ1) is 11.0. The average molecular weight is 362 g/mol. The molecule has 6 heteroatoms. The van der Waals surface area contributed by atoms with Crippen molar-refractivity contribution in [3.8, 4) is 0 Å². The summed E-state index contributed by atoms with van der Waals surface area (Å²) in [4.78, 5) is 22.1. The second-order valence-electron chi connectivity index (χ2n) is 7.25. The molecular weight excluding hydrogens is 327 g/mol. The zero-order valence-electron chi connectivity index (χ0n) is 15.9. The lowest BCUT2D eigenvalue weighted by molar-refractivity contribution is -0.137. The van der Waals surface area contributed by atoms with Crippen molar-refractivity contribution in [1.82, 2.24) is 0 Å². The third-order valence-corrected chi connectivity index (χ3v) is 10.4. The molecule has 0 unspecified atom stereocenters. The Morgan fingerprint density at radius 2 is 1.21 bits per heavy atom. The summed E-state index contributed by atoms with van der Waals surface area (Å²) < 4.78 is 13.9. The van der Waals surface area contributed by atoms with E-state index in [-0.39, 0.29) is 30.6 Å². The van der Waals surface area contributed by atoms with Gasteiger partial charge in [0, 0.05) is 17.5 Å². The number of hydrogen-bond acceptors (Lipinski definition) is 3. The Bertz CT molecular complexity index is 442. The molecule has 0 amide bonds.